The van der Waals surface area contributed by atoms with E-state index in [1.54, 1.807) is 23.5 Å². The lowest BCUT2D eigenvalue weighted by molar-refractivity contribution is -0.132. The van der Waals surface area contributed by atoms with E-state index in [0.717, 1.165) is 45.4 Å². The van der Waals surface area contributed by atoms with Crippen LogP contribution in [0.4, 0.5) is 0 Å². The van der Waals surface area contributed by atoms with Crippen LogP contribution in [0.25, 0.3) is 16.2 Å². The van der Waals surface area contributed by atoms with Crippen LogP contribution in [0.5, 0.6) is 0 Å². The van der Waals surface area contributed by atoms with Crippen LogP contribution in [0.1, 0.15) is 51.2 Å². The number of carbonyl (C=O) groups is 1. The Balaban J connectivity index is 2.32. The molecule has 0 bridgehead atoms. The van der Waals surface area contributed by atoms with Crippen molar-refractivity contribution in [1.29, 1.82) is 0 Å². The molecule has 3 nitrogen and oxygen atoms in total. The standard InChI is InChI=1S/C21H27NO2S2/c1-4-21(2,3)8-7-17(25)11-15(20(23)24)10-16-13-26-19-6-5-14(12-22)9-18(16)19/h5-6,9-11,13,25H,4,7-8,12,22H2,1-3H3,(H,23,24)/b15-10-,17-11-. The zero-order valence-electron chi connectivity index (χ0n) is 15.6. The predicted molar refractivity (Wildman–Crippen MR) is 116 cm³/mol. The van der Waals surface area contributed by atoms with Gasteiger partial charge in [0.1, 0.15) is 0 Å². The molecule has 2 aromatic rings. The highest BCUT2D eigenvalue weighted by Crippen LogP contribution is 2.31. The highest BCUT2D eigenvalue weighted by Gasteiger charge is 2.15. The van der Waals surface area contributed by atoms with E-state index in [-0.39, 0.29) is 11.0 Å². The molecule has 0 fully saturated rings. The fourth-order valence-corrected chi connectivity index (χ4v) is 3.71. The average Bonchev–Trinajstić information content (AvgIpc) is 3.01. The predicted octanol–water partition coefficient (Wildman–Crippen LogP) is 5.86. The molecule has 140 valence electrons. The number of allylic oxidation sites excluding steroid dienone is 1. The van der Waals surface area contributed by atoms with Gasteiger partial charge in [-0.2, -0.15) is 0 Å². The summed E-state index contributed by atoms with van der Waals surface area (Å²) in [7, 11) is 0. The van der Waals surface area contributed by atoms with Gasteiger partial charge < -0.3 is 10.8 Å². The van der Waals surface area contributed by atoms with E-state index < -0.39 is 5.97 Å². The van der Waals surface area contributed by atoms with Crippen molar-refractivity contribution in [3.05, 3.63) is 51.3 Å². The molecule has 0 amide bonds. The lowest BCUT2D eigenvalue weighted by Crippen LogP contribution is -2.09. The van der Waals surface area contributed by atoms with Crippen LogP contribution < -0.4 is 5.73 Å². The number of aliphatic carboxylic acids is 1. The maximum absolute atomic E-state index is 11.7. The maximum Gasteiger partial charge on any atom is 0.335 e. The second-order valence-corrected chi connectivity index (χ2v) is 8.77. The van der Waals surface area contributed by atoms with Crippen molar-refractivity contribution in [2.24, 2.45) is 11.1 Å². The largest absolute Gasteiger partial charge is 0.478 e. The zero-order valence-corrected chi connectivity index (χ0v) is 17.3. The quantitative estimate of drug-likeness (QED) is 0.301. The third-order valence-corrected chi connectivity index (χ3v) is 6.13. The van der Waals surface area contributed by atoms with Crippen molar-refractivity contribution in [3.8, 4) is 0 Å². The number of hydrogen-bond donors (Lipinski definition) is 3. The number of thiophene rings is 1. The highest BCUT2D eigenvalue weighted by atomic mass is 32.1. The molecule has 0 aliphatic rings. The first-order valence-electron chi connectivity index (χ1n) is 8.80. The van der Waals surface area contributed by atoms with Crippen molar-refractivity contribution in [3.63, 3.8) is 0 Å². The molecule has 5 heteroatoms. The summed E-state index contributed by atoms with van der Waals surface area (Å²) >= 11 is 6.12. The van der Waals surface area contributed by atoms with Crippen LogP contribution in [0.15, 0.2) is 40.1 Å². The van der Waals surface area contributed by atoms with E-state index in [2.05, 4.69) is 33.4 Å². The van der Waals surface area contributed by atoms with Crippen LogP contribution in [-0.4, -0.2) is 11.1 Å². The fraction of sp³-hybridized carbons (Fsp3) is 0.381. The molecule has 0 aliphatic carbocycles. The monoisotopic (exact) mass is 389 g/mol. The van der Waals surface area contributed by atoms with Gasteiger partial charge in [-0.05, 0) is 64.0 Å². The molecule has 1 aromatic heterocycles. The molecule has 0 radical (unpaired) electrons. The van der Waals surface area contributed by atoms with Gasteiger partial charge in [-0.25, -0.2) is 4.79 Å². The summed E-state index contributed by atoms with van der Waals surface area (Å²) in [5, 5.41) is 12.6. The van der Waals surface area contributed by atoms with E-state index in [1.165, 1.54) is 0 Å². The van der Waals surface area contributed by atoms with Crippen LogP contribution in [0, 0.1) is 5.41 Å². The van der Waals surface area contributed by atoms with E-state index in [0.29, 0.717) is 6.54 Å². The van der Waals surface area contributed by atoms with Gasteiger partial charge in [0.15, 0.2) is 0 Å². The van der Waals surface area contributed by atoms with E-state index >= 15 is 0 Å². The third-order valence-electron chi connectivity index (χ3n) is 4.80. The smallest absolute Gasteiger partial charge is 0.335 e. The first-order chi connectivity index (χ1) is 12.3. The molecular formula is C21H27NO2S2. The Bertz CT molecular complexity index is 847. The van der Waals surface area contributed by atoms with Gasteiger partial charge in [-0.15, -0.1) is 24.0 Å². The summed E-state index contributed by atoms with van der Waals surface area (Å²) in [5.74, 6) is -0.944. The highest BCUT2D eigenvalue weighted by molar-refractivity contribution is 7.84. The third kappa shape index (κ3) is 5.47. The Morgan fingerprint density at radius 1 is 1.38 bits per heavy atom. The number of benzene rings is 1. The summed E-state index contributed by atoms with van der Waals surface area (Å²) < 4.78 is 1.12. The molecule has 0 spiro atoms. The second-order valence-electron chi connectivity index (χ2n) is 7.28. The van der Waals surface area contributed by atoms with Crippen molar-refractivity contribution < 1.29 is 9.90 Å². The molecule has 0 unspecified atom stereocenters. The number of hydrogen-bond acceptors (Lipinski definition) is 4. The summed E-state index contributed by atoms with van der Waals surface area (Å²) in [4.78, 5) is 12.5. The molecular weight excluding hydrogens is 362 g/mol. The molecule has 1 aromatic carbocycles. The SMILES string of the molecule is CCC(C)(C)CC/C(S)=C/C(=C/c1csc2ccc(CN)cc12)C(=O)O. The molecule has 3 N–H and O–H groups in total. The Labute approximate surface area is 165 Å². The molecule has 26 heavy (non-hydrogen) atoms. The van der Waals surface area contributed by atoms with Gasteiger partial charge in [0, 0.05) is 16.6 Å². The van der Waals surface area contributed by atoms with Gasteiger partial charge in [0.25, 0.3) is 0 Å². The number of fused-ring (bicyclic) bond motifs is 1. The summed E-state index contributed by atoms with van der Waals surface area (Å²) in [5.41, 5.74) is 8.16. The van der Waals surface area contributed by atoms with Gasteiger partial charge in [0.05, 0.1) is 5.57 Å². The zero-order chi connectivity index (χ0) is 19.3. The van der Waals surface area contributed by atoms with Crippen LogP contribution >= 0.6 is 24.0 Å². The molecule has 2 rings (SSSR count). The number of rotatable bonds is 8. The molecule has 0 aliphatic heterocycles. The number of nitrogens with two attached hydrogens (primary N) is 1. The number of thiol groups is 1. The van der Waals surface area contributed by atoms with Crippen LogP contribution in [-0.2, 0) is 11.3 Å². The topological polar surface area (TPSA) is 63.3 Å². The van der Waals surface area contributed by atoms with Crippen molar-refractivity contribution in [1.82, 2.24) is 0 Å². The number of carboxylic acid groups (broad SMARTS) is 1. The van der Waals surface area contributed by atoms with Gasteiger partial charge >= 0.3 is 5.97 Å². The Kier molecular flexibility index (Phi) is 7.09. The van der Waals surface area contributed by atoms with Gasteiger partial charge in [0.2, 0.25) is 0 Å². The summed E-state index contributed by atoms with van der Waals surface area (Å²) in [6, 6.07) is 6.07. The lowest BCUT2D eigenvalue weighted by atomic mass is 9.85. The first kappa shape index (κ1) is 20.7. The Morgan fingerprint density at radius 2 is 2.12 bits per heavy atom. The van der Waals surface area contributed by atoms with Crippen LogP contribution in [0.2, 0.25) is 0 Å². The van der Waals surface area contributed by atoms with E-state index in [9.17, 15) is 9.90 Å². The minimum atomic E-state index is -0.944. The molecule has 0 saturated heterocycles. The minimum Gasteiger partial charge on any atom is -0.478 e. The minimum absolute atomic E-state index is 0.233. The van der Waals surface area contributed by atoms with Crippen LogP contribution in [0.3, 0.4) is 0 Å². The normalized spacial score (nSPS) is 13.4. The van der Waals surface area contributed by atoms with E-state index in [4.69, 9.17) is 5.73 Å². The molecule has 0 saturated carbocycles. The molecule has 0 atom stereocenters. The fourth-order valence-electron chi connectivity index (χ4n) is 2.56. The number of carboxylic acids is 1. The summed E-state index contributed by atoms with van der Waals surface area (Å²) in [6.07, 6.45) is 6.24. The Hall–Kier alpha value is -1.56. The molecule has 1 heterocycles. The first-order valence-corrected chi connectivity index (χ1v) is 10.1. The maximum atomic E-state index is 11.7. The Morgan fingerprint density at radius 3 is 2.73 bits per heavy atom. The summed E-state index contributed by atoms with van der Waals surface area (Å²) in [6.45, 7) is 7.07. The lowest BCUT2D eigenvalue weighted by Gasteiger charge is -2.22. The average molecular weight is 390 g/mol. The van der Waals surface area contributed by atoms with Gasteiger partial charge in [-0.1, -0.05) is 33.3 Å². The van der Waals surface area contributed by atoms with Crippen molar-refractivity contribution >= 4 is 46.1 Å². The van der Waals surface area contributed by atoms with Gasteiger partial charge in [-0.3, -0.25) is 0 Å². The van der Waals surface area contributed by atoms with Crippen molar-refractivity contribution in [2.75, 3.05) is 0 Å². The second kappa shape index (κ2) is 8.89. The van der Waals surface area contributed by atoms with E-state index in [1.807, 2.05) is 23.6 Å². The van der Waals surface area contributed by atoms with Crippen molar-refractivity contribution in [2.45, 2.75) is 46.6 Å².